The summed E-state index contributed by atoms with van der Waals surface area (Å²) in [7, 11) is 0. The number of pyridine rings is 1. The smallest absolute Gasteiger partial charge is 0.265 e. The van der Waals surface area contributed by atoms with Gasteiger partial charge in [0.15, 0.2) is 17.2 Å². The van der Waals surface area contributed by atoms with Crippen molar-refractivity contribution in [2.24, 2.45) is 0 Å². The fraction of sp³-hybridized carbons (Fsp3) is 0.0417. The molecule has 0 saturated carbocycles. The number of hydrogen-bond donors (Lipinski definition) is 2. The molecular weight excluding hydrogens is 442 g/mol. The maximum Gasteiger partial charge on any atom is 0.265 e. The Hall–Kier alpha value is -4.73. The molecule has 3 aromatic heterocycles. The average molecular weight is 458 g/mol. The van der Waals surface area contributed by atoms with E-state index in [2.05, 4.69) is 25.3 Å². The lowest BCUT2D eigenvalue weighted by Gasteiger charge is -2.10. The van der Waals surface area contributed by atoms with Gasteiger partial charge in [-0.1, -0.05) is 6.07 Å². The van der Waals surface area contributed by atoms with Crippen LogP contribution >= 0.6 is 0 Å². The lowest BCUT2D eigenvalue weighted by Crippen LogP contribution is -2.25. The minimum absolute atomic E-state index is 0.0444. The van der Waals surface area contributed by atoms with Gasteiger partial charge in [0, 0.05) is 18.3 Å². The Kier molecular flexibility index (Phi) is 5.38. The topological polar surface area (TPSA) is 106 Å². The minimum atomic E-state index is -0.589. The van der Waals surface area contributed by atoms with E-state index in [4.69, 9.17) is 0 Å². The van der Waals surface area contributed by atoms with Crippen LogP contribution in [0, 0.1) is 11.6 Å². The van der Waals surface area contributed by atoms with Crippen LogP contribution in [0.25, 0.3) is 16.9 Å². The SMILES string of the molecule is O=C(Cc1ccc(Nc2ncnc3nc[nH]c23)c(F)c1)c1cccn(-c2ccc(F)cc2)c1=O. The number of benzene rings is 2. The number of imidazole rings is 1. The van der Waals surface area contributed by atoms with Crippen molar-refractivity contribution in [3.63, 3.8) is 0 Å². The summed E-state index contributed by atoms with van der Waals surface area (Å²) in [5.74, 6) is -1.13. The van der Waals surface area contributed by atoms with Crippen LogP contribution in [-0.4, -0.2) is 30.3 Å². The molecule has 0 bridgehead atoms. The van der Waals surface area contributed by atoms with E-state index in [1.807, 2.05) is 0 Å². The van der Waals surface area contributed by atoms with Crippen LogP contribution in [0.2, 0.25) is 0 Å². The Labute approximate surface area is 191 Å². The van der Waals surface area contributed by atoms with Gasteiger partial charge in [-0.25, -0.2) is 23.7 Å². The molecule has 8 nitrogen and oxygen atoms in total. The highest BCUT2D eigenvalue weighted by atomic mass is 19.1. The molecule has 0 amide bonds. The van der Waals surface area contributed by atoms with E-state index in [0.29, 0.717) is 28.2 Å². The molecule has 0 spiro atoms. The van der Waals surface area contributed by atoms with Gasteiger partial charge >= 0.3 is 0 Å². The number of H-pyrrole nitrogens is 1. The second-order valence-corrected chi connectivity index (χ2v) is 7.44. The van der Waals surface area contributed by atoms with Crippen molar-refractivity contribution in [1.82, 2.24) is 24.5 Å². The van der Waals surface area contributed by atoms with Crippen molar-refractivity contribution >= 4 is 28.5 Å². The first-order chi connectivity index (χ1) is 16.5. The van der Waals surface area contributed by atoms with Crippen LogP contribution in [0.15, 0.2) is 78.2 Å². The number of fused-ring (bicyclic) bond motifs is 1. The maximum absolute atomic E-state index is 14.8. The highest BCUT2D eigenvalue weighted by Gasteiger charge is 2.16. The number of anilines is 2. The normalized spacial score (nSPS) is 11.0. The number of Topliss-reactive ketones (excluding diaryl/α,β-unsaturated/α-hetero) is 1. The van der Waals surface area contributed by atoms with Crippen molar-refractivity contribution in [3.8, 4) is 5.69 Å². The summed E-state index contributed by atoms with van der Waals surface area (Å²) in [6.07, 6.45) is 4.10. The lowest BCUT2D eigenvalue weighted by atomic mass is 10.0. The van der Waals surface area contributed by atoms with Gasteiger partial charge in [0.05, 0.1) is 17.6 Å². The predicted molar refractivity (Wildman–Crippen MR) is 121 cm³/mol. The third-order valence-corrected chi connectivity index (χ3v) is 5.23. The summed E-state index contributed by atoms with van der Waals surface area (Å²) in [5, 5.41) is 2.89. The molecule has 0 atom stereocenters. The van der Waals surface area contributed by atoms with Crippen molar-refractivity contribution in [2.75, 3.05) is 5.32 Å². The number of halogens is 2. The van der Waals surface area contributed by atoms with Crippen LogP contribution in [0.5, 0.6) is 0 Å². The standard InChI is InChI=1S/C24H16F2N6O2/c25-15-4-6-16(7-5-15)32-9-1-2-17(24(32)34)20(33)11-14-3-8-19(18(26)10-14)31-23-21-22(28-12-27-21)29-13-30-23/h1-10,12-13H,11H2,(H2,27,28,29,30,31). The Morgan fingerprint density at radius 2 is 1.85 bits per heavy atom. The fourth-order valence-electron chi connectivity index (χ4n) is 3.55. The van der Waals surface area contributed by atoms with Crippen molar-refractivity contribution < 1.29 is 13.6 Å². The molecule has 0 saturated heterocycles. The molecule has 0 radical (unpaired) electrons. The van der Waals surface area contributed by atoms with Gasteiger partial charge in [-0.05, 0) is 54.1 Å². The summed E-state index contributed by atoms with van der Waals surface area (Å²) in [6.45, 7) is 0. The number of carbonyl (C=O) groups excluding carboxylic acids is 1. The third kappa shape index (κ3) is 4.04. The van der Waals surface area contributed by atoms with Gasteiger partial charge in [0.1, 0.15) is 23.5 Å². The number of carbonyl (C=O) groups is 1. The molecule has 10 heteroatoms. The number of nitrogens with one attached hydrogen (secondary N) is 2. The molecule has 168 valence electrons. The molecule has 0 aliphatic rings. The molecule has 2 N–H and O–H groups in total. The van der Waals surface area contributed by atoms with Crippen molar-refractivity contribution in [2.45, 2.75) is 6.42 Å². The Balaban J connectivity index is 1.37. The summed E-state index contributed by atoms with van der Waals surface area (Å²) < 4.78 is 29.2. The van der Waals surface area contributed by atoms with Crippen molar-refractivity contribution in [1.29, 1.82) is 0 Å². The lowest BCUT2D eigenvalue weighted by molar-refractivity contribution is 0.0991. The van der Waals surface area contributed by atoms with E-state index < -0.39 is 23.0 Å². The average Bonchev–Trinajstić information content (AvgIpc) is 3.31. The van der Waals surface area contributed by atoms with Gasteiger partial charge in [-0.15, -0.1) is 0 Å². The predicted octanol–water partition coefficient (Wildman–Crippen LogP) is 3.95. The van der Waals surface area contributed by atoms with Gasteiger partial charge in [-0.3, -0.25) is 14.2 Å². The number of rotatable bonds is 6. The summed E-state index contributed by atoms with van der Waals surface area (Å²) in [6, 6.07) is 12.6. The van der Waals surface area contributed by atoms with Crippen LogP contribution in [0.3, 0.4) is 0 Å². The Morgan fingerprint density at radius 3 is 2.65 bits per heavy atom. The van der Waals surface area contributed by atoms with E-state index in [0.717, 1.165) is 0 Å². The maximum atomic E-state index is 14.8. The highest BCUT2D eigenvalue weighted by molar-refractivity contribution is 5.97. The Bertz CT molecular complexity index is 1580. The zero-order valence-corrected chi connectivity index (χ0v) is 17.5. The molecule has 34 heavy (non-hydrogen) atoms. The molecule has 5 aromatic rings. The van der Waals surface area contributed by atoms with Gasteiger partial charge < -0.3 is 10.3 Å². The summed E-state index contributed by atoms with van der Waals surface area (Å²) in [4.78, 5) is 40.7. The number of aromatic amines is 1. The van der Waals surface area contributed by atoms with E-state index in [1.54, 1.807) is 12.1 Å². The quantitative estimate of drug-likeness (QED) is 0.373. The van der Waals surface area contributed by atoms with E-state index in [1.165, 1.54) is 65.9 Å². The summed E-state index contributed by atoms with van der Waals surface area (Å²) in [5.41, 5.74) is 1.38. The summed E-state index contributed by atoms with van der Waals surface area (Å²) >= 11 is 0. The van der Waals surface area contributed by atoms with Crippen LogP contribution in [0.1, 0.15) is 15.9 Å². The number of nitrogens with zero attached hydrogens (tertiary/aromatic N) is 4. The van der Waals surface area contributed by atoms with Crippen molar-refractivity contribution in [3.05, 3.63) is 107 Å². The van der Waals surface area contributed by atoms with Crippen LogP contribution < -0.4 is 10.9 Å². The molecule has 0 unspecified atom stereocenters. The molecular formula is C24H16F2N6O2. The number of hydrogen-bond acceptors (Lipinski definition) is 6. The molecule has 2 aromatic carbocycles. The second kappa shape index (κ2) is 8.66. The Morgan fingerprint density at radius 1 is 1.03 bits per heavy atom. The molecule has 5 rings (SSSR count). The zero-order chi connectivity index (χ0) is 23.7. The van der Waals surface area contributed by atoms with Gasteiger partial charge in [0.25, 0.3) is 5.56 Å². The first-order valence-corrected chi connectivity index (χ1v) is 10.2. The van der Waals surface area contributed by atoms with E-state index in [-0.39, 0.29) is 17.7 Å². The molecule has 0 aliphatic heterocycles. The highest BCUT2D eigenvalue weighted by Crippen LogP contribution is 2.23. The second-order valence-electron chi connectivity index (χ2n) is 7.44. The molecule has 0 aliphatic carbocycles. The molecule has 0 fully saturated rings. The first kappa shape index (κ1) is 21.1. The van der Waals surface area contributed by atoms with Gasteiger partial charge in [-0.2, -0.15) is 0 Å². The molecule has 3 heterocycles. The van der Waals surface area contributed by atoms with E-state index >= 15 is 0 Å². The van der Waals surface area contributed by atoms with Gasteiger partial charge in [0.2, 0.25) is 0 Å². The number of aromatic nitrogens is 5. The largest absolute Gasteiger partial charge is 0.340 e. The van der Waals surface area contributed by atoms with Crippen LogP contribution in [0.4, 0.5) is 20.3 Å². The minimum Gasteiger partial charge on any atom is -0.340 e. The van der Waals surface area contributed by atoms with E-state index in [9.17, 15) is 18.4 Å². The number of ketones is 1. The fourth-order valence-corrected chi connectivity index (χ4v) is 3.55. The zero-order valence-electron chi connectivity index (χ0n) is 17.5. The third-order valence-electron chi connectivity index (χ3n) is 5.23. The van der Waals surface area contributed by atoms with Crippen LogP contribution in [-0.2, 0) is 6.42 Å². The monoisotopic (exact) mass is 458 g/mol. The first-order valence-electron chi connectivity index (χ1n) is 10.2.